The highest BCUT2D eigenvalue weighted by atomic mass is 79.9. The van der Waals surface area contributed by atoms with E-state index in [1.54, 1.807) is 7.11 Å². The van der Waals surface area contributed by atoms with Crippen molar-refractivity contribution in [3.63, 3.8) is 0 Å². The highest BCUT2D eigenvalue weighted by molar-refractivity contribution is 9.10. The second-order valence-electron chi connectivity index (χ2n) is 4.37. The molecule has 0 atom stereocenters. The Bertz CT molecular complexity index is 566. The van der Waals surface area contributed by atoms with Gasteiger partial charge in [-0.3, -0.25) is 0 Å². The summed E-state index contributed by atoms with van der Waals surface area (Å²) in [6.45, 7) is 5.10. The molecule has 0 bridgehead atoms. The minimum atomic E-state index is 0.816. The van der Waals surface area contributed by atoms with Crippen LogP contribution < -0.4 is 10.1 Å². The normalized spacial score (nSPS) is 10.5. The summed E-state index contributed by atoms with van der Waals surface area (Å²) in [5.41, 5.74) is 1.96. The molecule has 0 saturated carbocycles. The van der Waals surface area contributed by atoms with E-state index in [1.807, 2.05) is 25.1 Å². The molecule has 5 heteroatoms. The second kappa shape index (κ2) is 6.10. The van der Waals surface area contributed by atoms with E-state index in [4.69, 9.17) is 4.74 Å². The fourth-order valence-electron chi connectivity index (χ4n) is 1.91. The van der Waals surface area contributed by atoms with E-state index < -0.39 is 0 Å². The van der Waals surface area contributed by atoms with Crippen molar-refractivity contribution in [2.24, 2.45) is 0 Å². The zero-order valence-electron chi connectivity index (χ0n) is 11.4. The lowest BCUT2D eigenvalue weighted by Crippen LogP contribution is -2.03. The van der Waals surface area contributed by atoms with Crippen LogP contribution in [-0.4, -0.2) is 16.7 Å². The first-order valence-electron chi connectivity index (χ1n) is 6.28. The monoisotopic (exact) mass is 323 g/mol. The van der Waals surface area contributed by atoms with Crippen molar-refractivity contribution >= 4 is 27.6 Å². The highest BCUT2D eigenvalue weighted by Gasteiger charge is 2.08. The van der Waals surface area contributed by atoms with E-state index in [9.17, 15) is 0 Å². The molecule has 0 radical (unpaired) electrons. The van der Waals surface area contributed by atoms with Crippen LogP contribution in [0.25, 0.3) is 0 Å². The fraction of sp³-hybridized carbons (Fsp3) is 0.357. The number of methoxy groups -OCH3 is 1. The first kappa shape index (κ1) is 13.9. The summed E-state index contributed by atoms with van der Waals surface area (Å²) < 4.78 is 8.35. The van der Waals surface area contributed by atoms with E-state index in [0.29, 0.717) is 0 Å². The second-order valence-corrected chi connectivity index (χ2v) is 5.22. The number of nitrogens with one attached hydrogen (secondary N) is 1. The summed E-state index contributed by atoms with van der Waals surface area (Å²) >= 11 is 3.53. The van der Waals surface area contributed by atoms with Crippen LogP contribution in [0.5, 0.6) is 5.75 Å². The lowest BCUT2D eigenvalue weighted by molar-refractivity contribution is 0.415. The largest absolute Gasteiger partial charge is 0.497 e. The summed E-state index contributed by atoms with van der Waals surface area (Å²) in [6, 6.07) is 5.82. The molecule has 1 N–H and O–H groups in total. The quantitative estimate of drug-likeness (QED) is 0.899. The Morgan fingerprint density at radius 3 is 2.89 bits per heavy atom. The predicted molar refractivity (Wildman–Crippen MR) is 81.2 cm³/mol. The Hall–Kier alpha value is -1.49. The van der Waals surface area contributed by atoms with Crippen molar-refractivity contribution in [1.82, 2.24) is 9.55 Å². The van der Waals surface area contributed by atoms with Crippen LogP contribution in [0.4, 0.5) is 11.6 Å². The van der Waals surface area contributed by atoms with Crippen LogP contribution in [0.15, 0.2) is 28.9 Å². The topological polar surface area (TPSA) is 39.1 Å². The fourth-order valence-corrected chi connectivity index (χ4v) is 2.25. The van der Waals surface area contributed by atoms with Gasteiger partial charge in [0.2, 0.25) is 5.95 Å². The molecule has 0 aliphatic rings. The zero-order chi connectivity index (χ0) is 13.8. The SMILES string of the molecule is CCCn1cc(C)nc1Nc1cc(OC)ccc1Br. The number of hydrogen-bond donors (Lipinski definition) is 1. The molecule has 0 spiro atoms. The summed E-state index contributed by atoms with van der Waals surface area (Å²) in [5.74, 6) is 1.67. The smallest absolute Gasteiger partial charge is 0.207 e. The minimum Gasteiger partial charge on any atom is -0.497 e. The van der Waals surface area contributed by atoms with E-state index >= 15 is 0 Å². The zero-order valence-corrected chi connectivity index (χ0v) is 13.0. The number of aryl methyl sites for hydroxylation is 2. The lowest BCUT2D eigenvalue weighted by atomic mass is 10.3. The number of nitrogens with zero attached hydrogens (tertiary/aromatic N) is 2. The Morgan fingerprint density at radius 1 is 1.42 bits per heavy atom. The number of halogens is 1. The van der Waals surface area contributed by atoms with Gasteiger partial charge in [-0.2, -0.15) is 0 Å². The van der Waals surface area contributed by atoms with Gasteiger partial charge in [0.05, 0.1) is 18.5 Å². The number of ether oxygens (including phenoxy) is 1. The molecule has 1 heterocycles. The number of anilines is 2. The van der Waals surface area contributed by atoms with Crippen molar-refractivity contribution in [2.45, 2.75) is 26.8 Å². The van der Waals surface area contributed by atoms with Crippen LogP contribution in [0.2, 0.25) is 0 Å². The minimum absolute atomic E-state index is 0.816. The maximum Gasteiger partial charge on any atom is 0.207 e. The van der Waals surface area contributed by atoms with Crippen molar-refractivity contribution in [2.75, 3.05) is 12.4 Å². The standard InChI is InChI=1S/C14H18BrN3O/c1-4-7-18-9-10(2)16-14(18)17-13-8-11(19-3)5-6-12(13)15/h5-6,8-9H,4,7H2,1-3H3,(H,16,17). The average Bonchev–Trinajstić information content (AvgIpc) is 2.73. The maximum atomic E-state index is 5.24. The van der Waals surface area contributed by atoms with Crippen LogP contribution in [-0.2, 0) is 6.54 Å². The molecule has 4 nitrogen and oxygen atoms in total. The maximum absolute atomic E-state index is 5.24. The molecule has 0 amide bonds. The van der Waals surface area contributed by atoms with Crippen LogP contribution in [0, 0.1) is 6.92 Å². The van der Waals surface area contributed by atoms with Gasteiger partial charge in [-0.15, -0.1) is 0 Å². The molecule has 0 aliphatic carbocycles. The Balaban J connectivity index is 2.30. The van der Waals surface area contributed by atoms with E-state index in [1.165, 1.54) is 0 Å². The number of imidazole rings is 1. The number of hydrogen-bond acceptors (Lipinski definition) is 3. The van der Waals surface area contributed by atoms with Crippen LogP contribution in [0.1, 0.15) is 19.0 Å². The number of rotatable bonds is 5. The molecule has 0 saturated heterocycles. The van der Waals surface area contributed by atoms with Gasteiger partial charge in [-0.25, -0.2) is 4.98 Å². The van der Waals surface area contributed by atoms with Crippen molar-refractivity contribution in [3.8, 4) is 5.75 Å². The molecular formula is C14H18BrN3O. The molecule has 2 rings (SSSR count). The Morgan fingerprint density at radius 2 is 2.21 bits per heavy atom. The molecule has 102 valence electrons. The first-order valence-corrected chi connectivity index (χ1v) is 7.07. The van der Waals surface area contributed by atoms with Crippen molar-refractivity contribution in [3.05, 3.63) is 34.6 Å². The molecule has 1 aromatic carbocycles. The van der Waals surface area contributed by atoms with Crippen molar-refractivity contribution < 1.29 is 4.74 Å². The summed E-state index contributed by atoms with van der Waals surface area (Å²) in [4.78, 5) is 4.51. The van der Waals surface area contributed by atoms with Gasteiger partial charge < -0.3 is 14.6 Å². The van der Waals surface area contributed by atoms with Gasteiger partial charge in [-0.1, -0.05) is 6.92 Å². The molecule has 0 aliphatic heterocycles. The van der Waals surface area contributed by atoms with Crippen LogP contribution in [0.3, 0.4) is 0 Å². The van der Waals surface area contributed by atoms with Gasteiger partial charge in [-0.05, 0) is 41.4 Å². The molecule has 0 unspecified atom stereocenters. The summed E-state index contributed by atoms with van der Waals surface area (Å²) in [7, 11) is 1.66. The van der Waals surface area contributed by atoms with E-state index in [0.717, 1.165) is 40.5 Å². The van der Waals surface area contributed by atoms with Gasteiger partial charge in [0.15, 0.2) is 0 Å². The third-order valence-electron chi connectivity index (χ3n) is 2.78. The van der Waals surface area contributed by atoms with Gasteiger partial charge in [0.1, 0.15) is 5.75 Å². The summed E-state index contributed by atoms with van der Waals surface area (Å²) in [5, 5.41) is 3.35. The third kappa shape index (κ3) is 3.29. The first-order chi connectivity index (χ1) is 9.13. The predicted octanol–water partition coefficient (Wildman–Crippen LogP) is 4.12. The lowest BCUT2D eigenvalue weighted by Gasteiger charge is -2.11. The van der Waals surface area contributed by atoms with E-state index in [2.05, 4.69) is 43.9 Å². The van der Waals surface area contributed by atoms with E-state index in [-0.39, 0.29) is 0 Å². The molecule has 2 aromatic rings. The number of benzene rings is 1. The highest BCUT2D eigenvalue weighted by Crippen LogP contribution is 2.29. The molecule has 0 fully saturated rings. The third-order valence-corrected chi connectivity index (χ3v) is 3.47. The summed E-state index contributed by atoms with van der Waals surface area (Å²) in [6.07, 6.45) is 3.13. The van der Waals surface area contributed by atoms with Crippen LogP contribution >= 0.6 is 15.9 Å². The van der Waals surface area contributed by atoms with Crippen molar-refractivity contribution in [1.29, 1.82) is 0 Å². The molecular weight excluding hydrogens is 306 g/mol. The Kier molecular flexibility index (Phi) is 4.47. The molecule has 19 heavy (non-hydrogen) atoms. The van der Waals surface area contributed by atoms with Gasteiger partial charge >= 0.3 is 0 Å². The molecule has 1 aromatic heterocycles. The van der Waals surface area contributed by atoms with Gasteiger partial charge in [0.25, 0.3) is 0 Å². The van der Waals surface area contributed by atoms with Gasteiger partial charge in [0, 0.05) is 23.3 Å². The average molecular weight is 324 g/mol. The Labute approximate surface area is 121 Å². The number of aromatic nitrogens is 2.